The summed E-state index contributed by atoms with van der Waals surface area (Å²) >= 11 is 5.70. The van der Waals surface area contributed by atoms with Gasteiger partial charge in [-0.3, -0.25) is 9.78 Å². The number of carbonyl (C=O) groups excluding carboxylic acids is 1. The number of aromatic nitrogens is 2. The van der Waals surface area contributed by atoms with Crippen molar-refractivity contribution in [2.75, 3.05) is 20.8 Å². The Kier molecular flexibility index (Phi) is 6.65. The molecule has 3 aromatic rings. The van der Waals surface area contributed by atoms with Crippen LogP contribution in [-0.2, 0) is 9.53 Å². The Morgan fingerprint density at radius 3 is 2.67 bits per heavy atom. The molecule has 172 valence electrons. The SMILES string of the molecule is COC(=O)CCN1C(=S)N[C@H](c2ccccn2)[C@@H]1c1cc(C)n(-c2cccc(OC)c2)c1C. The van der Waals surface area contributed by atoms with Gasteiger partial charge in [0.05, 0.1) is 38.4 Å². The number of nitrogens with zero attached hydrogens (tertiary/aromatic N) is 3. The summed E-state index contributed by atoms with van der Waals surface area (Å²) in [4.78, 5) is 18.6. The van der Waals surface area contributed by atoms with E-state index in [-0.39, 0.29) is 24.5 Å². The highest BCUT2D eigenvalue weighted by atomic mass is 32.1. The van der Waals surface area contributed by atoms with Gasteiger partial charge in [0.2, 0.25) is 0 Å². The van der Waals surface area contributed by atoms with E-state index < -0.39 is 0 Å². The van der Waals surface area contributed by atoms with Gasteiger partial charge in [-0.15, -0.1) is 0 Å². The first-order valence-corrected chi connectivity index (χ1v) is 11.2. The molecule has 33 heavy (non-hydrogen) atoms. The first kappa shape index (κ1) is 22.8. The number of aryl methyl sites for hydroxylation is 1. The van der Waals surface area contributed by atoms with Gasteiger partial charge in [0.15, 0.2) is 5.11 Å². The first-order chi connectivity index (χ1) is 15.9. The van der Waals surface area contributed by atoms with E-state index in [0.717, 1.165) is 34.1 Å². The summed E-state index contributed by atoms with van der Waals surface area (Å²) in [5, 5.41) is 4.04. The summed E-state index contributed by atoms with van der Waals surface area (Å²) in [6.45, 7) is 4.65. The number of esters is 1. The topological polar surface area (TPSA) is 68.6 Å². The van der Waals surface area contributed by atoms with E-state index >= 15 is 0 Å². The number of benzene rings is 1. The molecule has 1 fully saturated rings. The van der Waals surface area contributed by atoms with E-state index in [0.29, 0.717) is 11.7 Å². The van der Waals surface area contributed by atoms with Crippen LogP contribution in [0.1, 0.15) is 41.1 Å². The lowest BCUT2D eigenvalue weighted by Crippen LogP contribution is -2.32. The number of rotatable bonds is 7. The van der Waals surface area contributed by atoms with Gasteiger partial charge < -0.3 is 24.3 Å². The molecule has 1 aromatic carbocycles. The molecule has 0 unspecified atom stereocenters. The van der Waals surface area contributed by atoms with Gasteiger partial charge in [-0.25, -0.2) is 0 Å². The first-order valence-electron chi connectivity index (χ1n) is 10.8. The van der Waals surface area contributed by atoms with E-state index in [1.54, 1.807) is 13.3 Å². The van der Waals surface area contributed by atoms with Crippen molar-refractivity contribution in [1.82, 2.24) is 19.8 Å². The fourth-order valence-corrected chi connectivity index (χ4v) is 4.86. The molecule has 1 N–H and O–H groups in total. The van der Waals surface area contributed by atoms with Crippen molar-refractivity contribution in [3.63, 3.8) is 0 Å². The van der Waals surface area contributed by atoms with Crippen molar-refractivity contribution >= 4 is 23.3 Å². The number of pyridine rings is 1. The predicted molar refractivity (Wildman–Crippen MR) is 131 cm³/mol. The minimum atomic E-state index is -0.264. The Morgan fingerprint density at radius 1 is 1.15 bits per heavy atom. The maximum atomic E-state index is 11.9. The van der Waals surface area contributed by atoms with E-state index in [4.69, 9.17) is 21.7 Å². The zero-order valence-corrected chi connectivity index (χ0v) is 20.1. The number of carbonyl (C=O) groups is 1. The van der Waals surface area contributed by atoms with Crippen molar-refractivity contribution < 1.29 is 14.3 Å². The molecule has 1 saturated heterocycles. The van der Waals surface area contributed by atoms with Crippen molar-refractivity contribution in [2.24, 2.45) is 0 Å². The van der Waals surface area contributed by atoms with Crippen LogP contribution in [-0.4, -0.2) is 46.3 Å². The summed E-state index contributed by atoms with van der Waals surface area (Å²) in [5.41, 5.74) is 5.25. The van der Waals surface area contributed by atoms with Crippen LogP contribution in [0.15, 0.2) is 54.7 Å². The Balaban J connectivity index is 1.79. The molecule has 4 rings (SSSR count). The summed E-state index contributed by atoms with van der Waals surface area (Å²) in [6, 6.07) is 15.8. The van der Waals surface area contributed by atoms with Crippen molar-refractivity contribution in [1.29, 1.82) is 0 Å². The molecule has 3 heterocycles. The third-order valence-electron chi connectivity index (χ3n) is 6.08. The lowest BCUT2D eigenvalue weighted by Gasteiger charge is -2.28. The molecule has 2 atom stereocenters. The largest absolute Gasteiger partial charge is 0.497 e. The Morgan fingerprint density at radius 2 is 1.97 bits per heavy atom. The third kappa shape index (κ3) is 4.43. The average molecular weight is 465 g/mol. The Bertz CT molecular complexity index is 1160. The van der Waals surface area contributed by atoms with Crippen LogP contribution in [0.25, 0.3) is 5.69 Å². The normalized spacial score (nSPS) is 17.7. The van der Waals surface area contributed by atoms with Crippen molar-refractivity contribution in [3.8, 4) is 11.4 Å². The van der Waals surface area contributed by atoms with Crippen LogP contribution in [0.4, 0.5) is 0 Å². The fraction of sp³-hybridized carbons (Fsp3) is 0.320. The maximum Gasteiger partial charge on any atom is 0.307 e. The smallest absolute Gasteiger partial charge is 0.307 e. The van der Waals surface area contributed by atoms with Crippen LogP contribution in [0.2, 0.25) is 0 Å². The second-order valence-electron chi connectivity index (χ2n) is 8.01. The second-order valence-corrected chi connectivity index (χ2v) is 8.40. The van der Waals surface area contributed by atoms with Crippen LogP contribution in [0, 0.1) is 13.8 Å². The van der Waals surface area contributed by atoms with Crippen LogP contribution in [0.5, 0.6) is 5.75 Å². The van der Waals surface area contributed by atoms with Crippen LogP contribution in [0.3, 0.4) is 0 Å². The summed E-state index contributed by atoms with van der Waals surface area (Å²) in [7, 11) is 3.07. The number of hydrogen-bond acceptors (Lipinski definition) is 5. The van der Waals surface area contributed by atoms with Crippen LogP contribution < -0.4 is 10.1 Å². The van der Waals surface area contributed by atoms with Gasteiger partial charge in [-0.1, -0.05) is 12.1 Å². The molecular formula is C25H28N4O3S. The van der Waals surface area contributed by atoms with Gasteiger partial charge in [0.1, 0.15) is 5.75 Å². The zero-order valence-electron chi connectivity index (χ0n) is 19.2. The molecule has 0 saturated carbocycles. The van der Waals surface area contributed by atoms with Gasteiger partial charge in [0, 0.05) is 35.9 Å². The predicted octanol–water partition coefficient (Wildman–Crippen LogP) is 4.03. The van der Waals surface area contributed by atoms with Crippen LogP contribution >= 0.6 is 12.2 Å². The van der Waals surface area contributed by atoms with Crippen molar-refractivity contribution in [3.05, 3.63) is 77.4 Å². The highest BCUT2D eigenvalue weighted by Gasteiger charge is 2.41. The fourth-order valence-electron chi connectivity index (χ4n) is 4.53. The summed E-state index contributed by atoms with van der Waals surface area (Å²) < 4.78 is 12.5. The number of ether oxygens (including phenoxy) is 2. The Hall–Kier alpha value is -3.39. The molecule has 0 bridgehead atoms. The quantitative estimate of drug-likeness (QED) is 0.418. The molecule has 2 aromatic heterocycles. The molecule has 0 aliphatic carbocycles. The van der Waals surface area contributed by atoms with E-state index in [2.05, 4.69) is 45.7 Å². The van der Waals surface area contributed by atoms with Gasteiger partial charge >= 0.3 is 5.97 Å². The van der Waals surface area contributed by atoms with E-state index in [1.807, 2.05) is 36.4 Å². The monoisotopic (exact) mass is 464 g/mol. The Labute approximate surface area is 199 Å². The minimum Gasteiger partial charge on any atom is -0.497 e. The van der Waals surface area contributed by atoms with E-state index in [1.165, 1.54) is 7.11 Å². The third-order valence-corrected chi connectivity index (χ3v) is 6.44. The highest BCUT2D eigenvalue weighted by molar-refractivity contribution is 7.80. The van der Waals surface area contributed by atoms with Gasteiger partial charge in [-0.05, 0) is 62.0 Å². The number of nitrogens with one attached hydrogen (secondary N) is 1. The van der Waals surface area contributed by atoms with Gasteiger partial charge in [-0.2, -0.15) is 0 Å². The maximum absolute atomic E-state index is 11.9. The summed E-state index contributed by atoms with van der Waals surface area (Å²) in [5.74, 6) is 0.538. The lowest BCUT2D eigenvalue weighted by molar-refractivity contribution is -0.140. The molecule has 0 spiro atoms. The lowest BCUT2D eigenvalue weighted by atomic mass is 9.96. The molecule has 0 radical (unpaired) electrons. The highest BCUT2D eigenvalue weighted by Crippen LogP contribution is 2.41. The molecule has 7 nitrogen and oxygen atoms in total. The average Bonchev–Trinajstić information content (AvgIpc) is 3.32. The number of thiocarbonyl (C=S) groups is 1. The van der Waals surface area contributed by atoms with Gasteiger partial charge in [0.25, 0.3) is 0 Å². The molecule has 8 heteroatoms. The molecule has 1 aliphatic rings. The van der Waals surface area contributed by atoms with Crippen molar-refractivity contribution in [2.45, 2.75) is 32.4 Å². The summed E-state index contributed by atoms with van der Waals surface area (Å²) in [6.07, 6.45) is 2.03. The molecule has 1 aliphatic heterocycles. The molecular weight excluding hydrogens is 436 g/mol. The zero-order chi connectivity index (χ0) is 23.5. The number of methoxy groups -OCH3 is 2. The second kappa shape index (κ2) is 9.62. The van der Waals surface area contributed by atoms with E-state index in [9.17, 15) is 4.79 Å². The standard InChI is InChI=1S/C25H28N4O3S/c1-16-14-20(17(2)29(16)18-8-7-9-19(15-18)31-3)24-23(21-10-5-6-12-26-21)27-25(33)28(24)13-11-22(30)32-4/h5-10,12,14-15,23-24H,11,13H2,1-4H3,(H,27,33)/t23-,24+/m1/s1. The minimum absolute atomic E-state index is 0.123. The number of hydrogen-bond donors (Lipinski definition) is 1. The molecule has 0 amide bonds.